The van der Waals surface area contributed by atoms with E-state index in [2.05, 4.69) is 15.3 Å². The number of carbonyl (C=O) groups is 1. The number of ether oxygens (including phenoxy) is 1. The van der Waals surface area contributed by atoms with Crippen LogP contribution in [0.1, 0.15) is 22.0 Å². The summed E-state index contributed by atoms with van der Waals surface area (Å²) < 4.78 is 5.10. The summed E-state index contributed by atoms with van der Waals surface area (Å²) in [4.78, 5) is 20.8. The van der Waals surface area contributed by atoms with Crippen molar-refractivity contribution in [1.29, 1.82) is 0 Å². The minimum absolute atomic E-state index is 0.00512. The Bertz CT molecular complexity index is 1060. The maximum atomic E-state index is 13.4. The van der Waals surface area contributed by atoms with E-state index in [1.165, 1.54) is 0 Å². The lowest BCUT2D eigenvalue weighted by Gasteiger charge is -2.19. The number of rotatable bonds is 6. The number of H-pyrrole nitrogens is 1. The van der Waals surface area contributed by atoms with Gasteiger partial charge in [0.15, 0.2) is 5.78 Å². The maximum Gasteiger partial charge on any atom is 0.213 e. The average Bonchev–Trinajstić information content (AvgIpc) is 3.17. The van der Waals surface area contributed by atoms with Crippen LogP contribution in [0.25, 0.3) is 10.9 Å². The number of benzene rings is 2. The Kier molecular flexibility index (Phi) is 4.58. The molecule has 134 valence electrons. The number of aromatic amines is 1. The fourth-order valence-corrected chi connectivity index (χ4v) is 3.13. The van der Waals surface area contributed by atoms with Crippen LogP contribution in [-0.2, 0) is 0 Å². The van der Waals surface area contributed by atoms with Gasteiger partial charge >= 0.3 is 0 Å². The van der Waals surface area contributed by atoms with Crippen molar-refractivity contribution in [1.82, 2.24) is 9.97 Å². The molecule has 4 aromatic rings. The molecule has 2 aromatic carbocycles. The molecule has 1 atom stereocenters. The van der Waals surface area contributed by atoms with E-state index in [1.54, 1.807) is 25.6 Å². The van der Waals surface area contributed by atoms with Gasteiger partial charge in [-0.3, -0.25) is 4.79 Å². The first-order chi connectivity index (χ1) is 13.3. The second kappa shape index (κ2) is 7.33. The molecule has 0 aliphatic carbocycles. The summed E-state index contributed by atoms with van der Waals surface area (Å²) in [6, 6.07) is 20.6. The minimum Gasteiger partial charge on any atom is -0.481 e. The molecular formula is C22H19N3O2. The Hall–Kier alpha value is -3.60. The van der Waals surface area contributed by atoms with Gasteiger partial charge < -0.3 is 15.0 Å². The summed E-state index contributed by atoms with van der Waals surface area (Å²) in [5.41, 5.74) is 3.24. The van der Waals surface area contributed by atoms with Crippen molar-refractivity contribution in [2.24, 2.45) is 0 Å². The van der Waals surface area contributed by atoms with Gasteiger partial charge in [0.1, 0.15) is 6.04 Å². The first-order valence-electron chi connectivity index (χ1n) is 8.68. The van der Waals surface area contributed by atoms with E-state index in [1.807, 2.05) is 60.7 Å². The highest BCUT2D eigenvalue weighted by atomic mass is 16.5. The monoisotopic (exact) mass is 357 g/mol. The van der Waals surface area contributed by atoms with Crippen LogP contribution in [0.2, 0.25) is 0 Å². The van der Waals surface area contributed by atoms with Gasteiger partial charge in [0.25, 0.3) is 0 Å². The predicted molar refractivity (Wildman–Crippen MR) is 106 cm³/mol. The second-order valence-corrected chi connectivity index (χ2v) is 6.19. The molecule has 0 saturated heterocycles. The number of nitrogens with one attached hydrogen (secondary N) is 2. The molecule has 2 heterocycles. The number of fused-ring (bicyclic) bond motifs is 1. The maximum absolute atomic E-state index is 13.4. The number of carbonyl (C=O) groups excluding carboxylic acids is 1. The number of hydrogen-bond acceptors (Lipinski definition) is 4. The summed E-state index contributed by atoms with van der Waals surface area (Å²) in [5.74, 6) is 0.522. The topological polar surface area (TPSA) is 67.0 Å². The Morgan fingerprint density at radius 3 is 2.56 bits per heavy atom. The minimum atomic E-state index is -0.527. The molecule has 2 aromatic heterocycles. The standard InChI is InChI=1S/C22H19N3O2/c1-27-20-12-11-16(13-24-20)25-21(15-7-3-2-4-8-15)22(26)18-14-23-19-10-6-5-9-17(18)19/h2-14,21,23,25H,1H3. The summed E-state index contributed by atoms with van der Waals surface area (Å²) in [6.07, 6.45) is 3.44. The van der Waals surface area contributed by atoms with Crippen LogP contribution in [0.15, 0.2) is 79.1 Å². The molecule has 0 aliphatic heterocycles. The van der Waals surface area contributed by atoms with Gasteiger partial charge in [0, 0.05) is 28.7 Å². The third-order valence-electron chi connectivity index (χ3n) is 4.51. The van der Waals surface area contributed by atoms with Crippen molar-refractivity contribution >= 4 is 22.4 Å². The van der Waals surface area contributed by atoms with Crippen molar-refractivity contribution < 1.29 is 9.53 Å². The summed E-state index contributed by atoms with van der Waals surface area (Å²) in [7, 11) is 1.57. The van der Waals surface area contributed by atoms with Gasteiger partial charge in [-0.15, -0.1) is 0 Å². The van der Waals surface area contributed by atoms with E-state index < -0.39 is 6.04 Å². The Morgan fingerprint density at radius 1 is 1.04 bits per heavy atom. The number of hydrogen-bond donors (Lipinski definition) is 2. The number of pyridine rings is 1. The largest absolute Gasteiger partial charge is 0.481 e. The van der Waals surface area contributed by atoms with Crippen LogP contribution >= 0.6 is 0 Å². The molecular weight excluding hydrogens is 338 g/mol. The van der Waals surface area contributed by atoms with Gasteiger partial charge in [-0.1, -0.05) is 48.5 Å². The van der Waals surface area contributed by atoms with Crippen LogP contribution in [0.5, 0.6) is 5.88 Å². The quantitative estimate of drug-likeness (QED) is 0.495. The summed E-state index contributed by atoms with van der Waals surface area (Å²) in [6.45, 7) is 0. The fraction of sp³-hybridized carbons (Fsp3) is 0.0909. The Morgan fingerprint density at radius 2 is 1.81 bits per heavy atom. The lowest BCUT2D eigenvalue weighted by molar-refractivity contribution is 0.0971. The molecule has 27 heavy (non-hydrogen) atoms. The molecule has 0 bridgehead atoms. The molecule has 0 amide bonds. The molecule has 2 N–H and O–H groups in total. The first-order valence-corrected chi connectivity index (χ1v) is 8.68. The van der Waals surface area contributed by atoms with Crippen LogP contribution in [0.3, 0.4) is 0 Å². The van der Waals surface area contributed by atoms with Crippen LogP contribution < -0.4 is 10.1 Å². The van der Waals surface area contributed by atoms with E-state index in [0.717, 1.165) is 22.2 Å². The number of anilines is 1. The van der Waals surface area contributed by atoms with Gasteiger partial charge in [-0.25, -0.2) is 4.98 Å². The first kappa shape index (κ1) is 16.8. The van der Waals surface area contributed by atoms with Crippen molar-refractivity contribution in [3.8, 4) is 5.88 Å². The van der Waals surface area contributed by atoms with Crippen molar-refractivity contribution in [3.05, 3.63) is 90.3 Å². The highest BCUT2D eigenvalue weighted by Crippen LogP contribution is 2.27. The molecule has 0 spiro atoms. The van der Waals surface area contributed by atoms with Gasteiger partial charge in [0.2, 0.25) is 5.88 Å². The van der Waals surface area contributed by atoms with Crippen LogP contribution in [0, 0.1) is 0 Å². The predicted octanol–water partition coefficient (Wildman–Crippen LogP) is 4.61. The highest BCUT2D eigenvalue weighted by Gasteiger charge is 2.24. The van der Waals surface area contributed by atoms with E-state index >= 15 is 0 Å². The second-order valence-electron chi connectivity index (χ2n) is 6.19. The number of aromatic nitrogens is 2. The normalized spacial score (nSPS) is 11.9. The summed E-state index contributed by atoms with van der Waals surface area (Å²) >= 11 is 0. The van der Waals surface area contributed by atoms with E-state index in [4.69, 9.17) is 4.74 Å². The number of para-hydroxylation sites is 1. The van der Waals surface area contributed by atoms with E-state index in [-0.39, 0.29) is 5.78 Å². The number of Topliss-reactive ketones (excluding diaryl/α,β-unsaturated/α-hetero) is 1. The van der Waals surface area contributed by atoms with Crippen molar-refractivity contribution in [3.63, 3.8) is 0 Å². The number of ketones is 1. The van der Waals surface area contributed by atoms with E-state index in [0.29, 0.717) is 11.4 Å². The zero-order chi connectivity index (χ0) is 18.6. The van der Waals surface area contributed by atoms with Crippen LogP contribution in [-0.4, -0.2) is 22.9 Å². The van der Waals surface area contributed by atoms with Crippen molar-refractivity contribution in [2.75, 3.05) is 12.4 Å². The Labute approximate surface area is 157 Å². The highest BCUT2D eigenvalue weighted by molar-refractivity contribution is 6.11. The molecule has 0 aliphatic rings. The Balaban J connectivity index is 1.72. The van der Waals surface area contributed by atoms with Gasteiger partial charge in [-0.05, 0) is 17.7 Å². The average molecular weight is 357 g/mol. The summed E-state index contributed by atoms with van der Waals surface area (Å²) in [5, 5.41) is 4.23. The van der Waals surface area contributed by atoms with E-state index in [9.17, 15) is 4.79 Å². The molecule has 5 heteroatoms. The molecule has 0 fully saturated rings. The molecule has 4 rings (SSSR count). The van der Waals surface area contributed by atoms with Gasteiger partial charge in [0.05, 0.1) is 19.0 Å². The molecule has 0 radical (unpaired) electrons. The molecule has 5 nitrogen and oxygen atoms in total. The van der Waals surface area contributed by atoms with Gasteiger partial charge in [-0.2, -0.15) is 0 Å². The third-order valence-corrected chi connectivity index (χ3v) is 4.51. The van der Waals surface area contributed by atoms with Crippen LogP contribution in [0.4, 0.5) is 5.69 Å². The molecule has 1 unspecified atom stereocenters. The smallest absolute Gasteiger partial charge is 0.213 e. The third kappa shape index (κ3) is 3.40. The molecule has 0 saturated carbocycles. The zero-order valence-corrected chi connectivity index (χ0v) is 14.8. The lowest BCUT2D eigenvalue weighted by Crippen LogP contribution is -2.21. The number of nitrogens with zero attached hydrogens (tertiary/aromatic N) is 1. The van der Waals surface area contributed by atoms with Crippen molar-refractivity contribution in [2.45, 2.75) is 6.04 Å². The zero-order valence-electron chi connectivity index (χ0n) is 14.8. The fourth-order valence-electron chi connectivity index (χ4n) is 3.13. The lowest BCUT2D eigenvalue weighted by atomic mass is 9.97. The SMILES string of the molecule is COc1ccc(NC(C(=O)c2c[nH]c3ccccc23)c2ccccc2)cn1. The number of methoxy groups -OCH3 is 1.